The highest BCUT2D eigenvalue weighted by Gasteiger charge is 2.18. The fourth-order valence-electron chi connectivity index (χ4n) is 3.68. The van der Waals surface area contributed by atoms with Gasteiger partial charge in [-0.05, 0) is 37.1 Å². The number of aromatic nitrogens is 3. The van der Waals surface area contributed by atoms with Gasteiger partial charge in [0, 0.05) is 44.5 Å². The molecule has 1 aliphatic heterocycles. The van der Waals surface area contributed by atoms with E-state index in [0.29, 0.717) is 49.5 Å². The molecule has 0 aliphatic carbocycles. The lowest BCUT2D eigenvalue weighted by molar-refractivity contribution is -0.384. The van der Waals surface area contributed by atoms with Crippen molar-refractivity contribution in [2.24, 2.45) is 5.10 Å². The minimum Gasteiger partial charge on any atom is -0.378 e. The molecule has 12 nitrogen and oxygen atoms in total. The molecule has 0 saturated carbocycles. The zero-order valence-electron chi connectivity index (χ0n) is 20.7. The molecule has 0 amide bonds. The maximum absolute atomic E-state index is 11.5. The maximum Gasteiger partial charge on any atom is 0.293 e. The molecular weight excluding hydrogens is 462 g/mol. The number of hydrazone groups is 1. The third-order valence-electron chi connectivity index (χ3n) is 5.61. The normalized spacial score (nSPS) is 13.6. The first-order valence-electron chi connectivity index (χ1n) is 11.5. The number of aryl methyl sites for hydroxylation is 2. The van der Waals surface area contributed by atoms with Crippen LogP contribution in [0.4, 0.5) is 34.9 Å². The molecule has 0 bridgehead atoms. The van der Waals surface area contributed by atoms with Crippen molar-refractivity contribution >= 4 is 41.1 Å². The number of nitro groups is 1. The van der Waals surface area contributed by atoms with Crippen LogP contribution in [0.2, 0.25) is 0 Å². The van der Waals surface area contributed by atoms with Crippen LogP contribution in [0.15, 0.2) is 41.5 Å². The molecule has 1 aromatic heterocycles. The highest BCUT2D eigenvalue weighted by molar-refractivity contribution is 5.83. The molecule has 4 rings (SSSR count). The number of ether oxygens (including phenoxy) is 1. The summed E-state index contributed by atoms with van der Waals surface area (Å²) in [7, 11) is 3.52. The highest BCUT2D eigenvalue weighted by atomic mass is 16.6. The van der Waals surface area contributed by atoms with Gasteiger partial charge in [0.25, 0.3) is 5.69 Å². The van der Waals surface area contributed by atoms with Crippen molar-refractivity contribution in [3.8, 4) is 0 Å². The van der Waals surface area contributed by atoms with Crippen LogP contribution in [0.1, 0.15) is 16.7 Å². The van der Waals surface area contributed by atoms with Gasteiger partial charge in [0.15, 0.2) is 0 Å². The average molecular weight is 492 g/mol. The van der Waals surface area contributed by atoms with E-state index in [1.54, 1.807) is 31.1 Å². The van der Waals surface area contributed by atoms with Gasteiger partial charge in [-0.15, -0.1) is 0 Å². The first kappa shape index (κ1) is 24.8. The summed E-state index contributed by atoms with van der Waals surface area (Å²) >= 11 is 0. The quantitative estimate of drug-likeness (QED) is 0.274. The Bertz CT molecular complexity index is 1270. The number of hydrogen-bond donors (Lipinski definition) is 2. The van der Waals surface area contributed by atoms with E-state index in [0.717, 1.165) is 16.8 Å². The van der Waals surface area contributed by atoms with Crippen molar-refractivity contribution in [1.82, 2.24) is 15.0 Å². The Morgan fingerprint density at radius 1 is 1.08 bits per heavy atom. The van der Waals surface area contributed by atoms with E-state index in [9.17, 15) is 10.1 Å². The lowest BCUT2D eigenvalue weighted by Crippen LogP contribution is -2.37. The first-order chi connectivity index (χ1) is 17.3. The molecule has 0 unspecified atom stereocenters. The summed E-state index contributed by atoms with van der Waals surface area (Å²) in [6, 6.07) is 11.0. The number of hydrogen-bond acceptors (Lipinski definition) is 11. The van der Waals surface area contributed by atoms with Crippen LogP contribution in [0.5, 0.6) is 0 Å². The van der Waals surface area contributed by atoms with Crippen molar-refractivity contribution in [3.05, 3.63) is 63.2 Å². The summed E-state index contributed by atoms with van der Waals surface area (Å²) in [5, 5.41) is 19.0. The molecule has 0 atom stereocenters. The van der Waals surface area contributed by atoms with Crippen molar-refractivity contribution in [2.75, 3.05) is 60.9 Å². The summed E-state index contributed by atoms with van der Waals surface area (Å²) in [5.74, 6) is 1.13. The van der Waals surface area contributed by atoms with E-state index in [1.807, 2.05) is 36.9 Å². The molecule has 1 aliphatic rings. The predicted molar refractivity (Wildman–Crippen MR) is 141 cm³/mol. The van der Waals surface area contributed by atoms with E-state index in [2.05, 4.69) is 30.8 Å². The smallest absolute Gasteiger partial charge is 0.293 e. The standard InChI is InChI=1S/C24H29N9O3/c1-16-5-6-17(2)19(13-16)26-22-27-23(29-24(28-22)32-9-11-36-12-10-32)30-25-15-18-7-8-20(31(3)4)21(14-18)33(34)35/h5-8,13-15H,9-12H2,1-4H3,(H2,26,27,28,29,30)/b25-15+. The number of nitrogens with zero attached hydrogens (tertiary/aromatic N) is 7. The maximum atomic E-state index is 11.5. The fourth-order valence-corrected chi connectivity index (χ4v) is 3.68. The highest BCUT2D eigenvalue weighted by Crippen LogP contribution is 2.27. The van der Waals surface area contributed by atoms with Gasteiger partial charge >= 0.3 is 0 Å². The molecule has 188 valence electrons. The van der Waals surface area contributed by atoms with E-state index < -0.39 is 4.92 Å². The van der Waals surface area contributed by atoms with Crippen molar-refractivity contribution < 1.29 is 9.66 Å². The summed E-state index contributed by atoms with van der Waals surface area (Å²) in [5.41, 5.74) is 6.99. The summed E-state index contributed by atoms with van der Waals surface area (Å²) in [4.78, 5) is 28.4. The molecule has 0 spiro atoms. The molecule has 2 heterocycles. The number of nitro benzene ring substituents is 1. The number of anilines is 5. The Morgan fingerprint density at radius 2 is 1.83 bits per heavy atom. The Hall–Kier alpha value is -4.32. The number of nitrogens with one attached hydrogen (secondary N) is 2. The van der Waals surface area contributed by atoms with Crippen molar-refractivity contribution in [1.29, 1.82) is 0 Å². The molecular formula is C24H29N9O3. The van der Waals surface area contributed by atoms with E-state index in [-0.39, 0.29) is 11.6 Å². The third kappa shape index (κ3) is 6.02. The molecule has 2 N–H and O–H groups in total. The minimum absolute atomic E-state index is 0.00118. The number of benzene rings is 2. The van der Waals surface area contributed by atoms with E-state index in [4.69, 9.17) is 4.74 Å². The Labute approximate surface area is 209 Å². The van der Waals surface area contributed by atoms with Gasteiger partial charge in [-0.1, -0.05) is 18.2 Å². The largest absolute Gasteiger partial charge is 0.378 e. The molecule has 3 aromatic rings. The molecule has 36 heavy (non-hydrogen) atoms. The van der Waals surface area contributed by atoms with Gasteiger partial charge in [-0.2, -0.15) is 20.1 Å². The van der Waals surface area contributed by atoms with Gasteiger partial charge in [-0.25, -0.2) is 5.43 Å². The molecule has 12 heteroatoms. The Kier molecular flexibility index (Phi) is 7.54. The second-order valence-electron chi connectivity index (χ2n) is 8.60. The first-order valence-corrected chi connectivity index (χ1v) is 11.5. The van der Waals surface area contributed by atoms with Crippen LogP contribution in [-0.2, 0) is 4.74 Å². The van der Waals surface area contributed by atoms with Gasteiger partial charge in [0.1, 0.15) is 5.69 Å². The van der Waals surface area contributed by atoms with Gasteiger partial charge < -0.3 is 19.9 Å². The van der Waals surface area contributed by atoms with Gasteiger partial charge in [0.2, 0.25) is 17.8 Å². The van der Waals surface area contributed by atoms with Crippen LogP contribution in [0, 0.1) is 24.0 Å². The second kappa shape index (κ2) is 11.0. The minimum atomic E-state index is -0.411. The van der Waals surface area contributed by atoms with Gasteiger partial charge in [-0.3, -0.25) is 10.1 Å². The third-order valence-corrected chi connectivity index (χ3v) is 5.61. The molecule has 1 fully saturated rings. The van der Waals surface area contributed by atoms with Crippen LogP contribution < -0.4 is 20.5 Å². The molecule has 2 aromatic carbocycles. The SMILES string of the molecule is Cc1ccc(C)c(Nc2nc(N/N=C/c3ccc(N(C)C)c([N+](=O)[O-])c3)nc(N3CCOCC3)n2)c1. The van der Waals surface area contributed by atoms with E-state index >= 15 is 0 Å². The van der Waals surface area contributed by atoms with Gasteiger partial charge in [0.05, 0.1) is 24.4 Å². The second-order valence-corrected chi connectivity index (χ2v) is 8.60. The lowest BCUT2D eigenvalue weighted by Gasteiger charge is -2.27. The summed E-state index contributed by atoms with van der Waals surface area (Å²) in [6.07, 6.45) is 1.49. The summed E-state index contributed by atoms with van der Waals surface area (Å²) < 4.78 is 5.45. The topological polar surface area (TPSA) is 134 Å². The summed E-state index contributed by atoms with van der Waals surface area (Å²) in [6.45, 7) is 6.54. The fraction of sp³-hybridized carbons (Fsp3) is 0.333. The number of rotatable bonds is 8. The van der Waals surface area contributed by atoms with Crippen LogP contribution >= 0.6 is 0 Å². The number of morpholine rings is 1. The zero-order chi connectivity index (χ0) is 25.7. The Balaban J connectivity index is 1.60. The molecule has 1 saturated heterocycles. The Morgan fingerprint density at radius 3 is 2.56 bits per heavy atom. The average Bonchev–Trinajstić information content (AvgIpc) is 2.86. The van der Waals surface area contributed by atoms with Crippen molar-refractivity contribution in [3.63, 3.8) is 0 Å². The van der Waals surface area contributed by atoms with E-state index in [1.165, 1.54) is 12.3 Å². The van der Waals surface area contributed by atoms with Crippen LogP contribution in [0.25, 0.3) is 0 Å². The zero-order valence-corrected chi connectivity index (χ0v) is 20.7. The predicted octanol–water partition coefficient (Wildman–Crippen LogP) is 3.49. The van der Waals surface area contributed by atoms with Crippen molar-refractivity contribution in [2.45, 2.75) is 13.8 Å². The lowest BCUT2D eigenvalue weighted by atomic mass is 10.1. The molecule has 0 radical (unpaired) electrons. The van der Waals surface area contributed by atoms with Crippen LogP contribution in [-0.4, -0.2) is 66.5 Å². The van der Waals surface area contributed by atoms with Crippen LogP contribution in [0.3, 0.4) is 0 Å². The monoisotopic (exact) mass is 491 g/mol.